The molecule has 206 valence electrons. The number of nitrogens with zero attached hydrogens (tertiary/aromatic N) is 2. The van der Waals surface area contributed by atoms with Gasteiger partial charge in [-0.1, -0.05) is 13.8 Å². The lowest BCUT2D eigenvalue weighted by Gasteiger charge is -2.29. The lowest BCUT2D eigenvalue weighted by atomic mass is 9.83. The van der Waals surface area contributed by atoms with Crippen LogP contribution in [0.1, 0.15) is 51.0 Å². The van der Waals surface area contributed by atoms with Gasteiger partial charge in [-0.15, -0.1) is 0 Å². The third-order valence-electron chi connectivity index (χ3n) is 7.03. The zero-order chi connectivity index (χ0) is 26.4. The van der Waals surface area contributed by atoms with Crippen molar-refractivity contribution in [1.29, 1.82) is 0 Å². The molecule has 0 radical (unpaired) electrons. The van der Waals surface area contributed by atoms with Crippen molar-refractivity contribution >= 4 is 11.9 Å². The molecule has 4 rings (SSSR count). The van der Waals surface area contributed by atoms with Gasteiger partial charge in [0, 0.05) is 25.0 Å². The van der Waals surface area contributed by atoms with E-state index in [0.29, 0.717) is 63.0 Å². The van der Waals surface area contributed by atoms with Gasteiger partial charge in [0.1, 0.15) is 0 Å². The van der Waals surface area contributed by atoms with Gasteiger partial charge in [0.15, 0.2) is 17.8 Å². The van der Waals surface area contributed by atoms with Crippen LogP contribution in [0.2, 0.25) is 0 Å². The minimum atomic E-state index is -0.914. The number of carbonyl (C=O) groups is 2. The number of hydrogen-bond acceptors (Lipinski definition) is 9. The molecule has 1 aromatic rings. The van der Waals surface area contributed by atoms with Crippen molar-refractivity contribution < 1.29 is 43.2 Å². The predicted octanol–water partition coefficient (Wildman–Crippen LogP) is 2.63. The zero-order valence-corrected chi connectivity index (χ0v) is 21.8. The number of hydroxylamine groups is 2. The number of methoxy groups -OCH3 is 1. The topological polar surface area (TPSA) is 116 Å². The highest BCUT2D eigenvalue weighted by atomic mass is 16.7. The Morgan fingerprint density at radius 3 is 2.59 bits per heavy atom. The monoisotopic (exact) mass is 522 g/mol. The number of amides is 1. The molecule has 0 bridgehead atoms. The van der Waals surface area contributed by atoms with Gasteiger partial charge in [0.25, 0.3) is 5.91 Å². The van der Waals surface area contributed by atoms with Crippen molar-refractivity contribution in [1.82, 2.24) is 9.96 Å². The maximum Gasteiger partial charge on any atom is 0.308 e. The normalized spacial score (nSPS) is 23.5. The molecule has 0 saturated carbocycles. The average molecular weight is 523 g/mol. The molecule has 2 saturated heterocycles. The molecule has 0 unspecified atom stereocenters. The number of benzene rings is 1. The van der Waals surface area contributed by atoms with Crippen molar-refractivity contribution in [3.63, 3.8) is 0 Å². The Kier molecular flexibility index (Phi) is 9.47. The van der Waals surface area contributed by atoms with Gasteiger partial charge in [0.2, 0.25) is 12.5 Å². The number of ether oxygens (including phenoxy) is 5. The fraction of sp³-hybridized carbons (Fsp3) is 0.692. The Balaban J connectivity index is 1.61. The summed E-state index contributed by atoms with van der Waals surface area (Å²) < 4.78 is 27.8. The maximum absolute atomic E-state index is 13.3. The predicted molar refractivity (Wildman–Crippen MR) is 132 cm³/mol. The minimum absolute atomic E-state index is 0.0583. The summed E-state index contributed by atoms with van der Waals surface area (Å²) in [6.07, 6.45) is 2.24. The Hall–Kier alpha value is -2.60. The van der Waals surface area contributed by atoms with Crippen LogP contribution in [0, 0.1) is 5.92 Å². The van der Waals surface area contributed by atoms with E-state index in [2.05, 4.69) is 0 Å². The van der Waals surface area contributed by atoms with E-state index in [0.717, 1.165) is 18.4 Å². The summed E-state index contributed by atoms with van der Waals surface area (Å²) in [5.41, 5.74) is 0.773. The first kappa shape index (κ1) is 27.4. The quantitative estimate of drug-likeness (QED) is 0.388. The third kappa shape index (κ3) is 6.28. The molecule has 1 N–H and O–H groups in total. The molecule has 3 aliphatic heterocycles. The fourth-order valence-corrected chi connectivity index (χ4v) is 5.35. The summed E-state index contributed by atoms with van der Waals surface area (Å²) in [6, 6.07) is 3.24. The Morgan fingerprint density at radius 1 is 1.14 bits per heavy atom. The summed E-state index contributed by atoms with van der Waals surface area (Å²) >= 11 is 0. The van der Waals surface area contributed by atoms with E-state index in [1.807, 2.05) is 30.9 Å². The molecule has 11 heteroatoms. The van der Waals surface area contributed by atoms with Crippen LogP contribution in [-0.4, -0.2) is 92.6 Å². The van der Waals surface area contributed by atoms with Gasteiger partial charge in [-0.3, -0.25) is 19.3 Å². The molecule has 37 heavy (non-hydrogen) atoms. The fourth-order valence-electron chi connectivity index (χ4n) is 5.35. The molecule has 11 nitrogen and oxygen atoms in total. The molecule has 2 fully saturated rings. The number of carboxylic acid groups (broad SMARTS) is 1. The maximum atomic E-state index is 13.3. The first-order valence-corrected chi connectivity index (χ1v) is 13.1. The Labute approximate surface area is 217 Å². The second kappa shape index (κ2) is 12.8. The first-order chi connectivity index (χ1) is 18.0. The van der Waals surface area contributed by atoms with Gasteiger partial charge in [-0.05, 0) is 43.4 Å². The Morgan fingerprint density at radius 2 is 1.92 bits per heavy atom. The van der Waals surface area contributed by atoms with E-state index in [-0.39, 0.29) is 31.5 Å². The molecule has 3 atom stereocenters. The molecule has 0 aliphatic carbocycles. The van der Waals surface area contributed by atoms with E-state index in [4.69, 9.17) is 28.5 Å². The van der Waals surface area contributed by atoms with E-state index < -0.39 is 17.9 Å². The zero-order valence-electron chi connectivity index (χ0n) is 21.8. The minimum Gasteiger partial charge on any atom is -0.493 e. The van der Waals surface area contributed by atoms with Crippen LogP contribution in [0.4, 0.5) is 0 Å². The molecule has 1 amide bonds. The van der Waals surface area contributed by atoms with Crippen LogP contribution in [0.5, 0.6) is 17.2 Å². The summed E-state index contributed by atoms with van der Waals surface area (Å²) in [7, 11) is 1.54. The number of fused-ring (bicyclic) bond motifs is 1. The van der Waals surface area contributed by atoms with Crippen LogP contribution in [0.3, 0.4) is 0 Å². The van der Waals surface area contributed by atoms with Crippen LogP contribution < -0.4 is 14.2 Å². The van der Waals surface area contributed by atoms with E-state index in [1.54, 1.807) is 7.11 Å². The number of carboxylic acids is 1. The lowest BCUT2D eigenvalue weighted by molar-refractivity contribution is -0.188. The van der Waals surface area contributed by atoms with Crippen molar-refractivity contribution in [2.45, 2.75) is 57.8 Å². The van der Waals surface area contributed by atoms with Gasteiger partial charge >= 0.3 is 5.97 Å². The number of hydrogen-bond donors (Lipinski definition) is 1. The summed E-state index contributed by atoms with van der Waals surface area (Å²) in [6.45, 7) is 6.48. The van der Waals surface area contributed by atoms with Crippen LogP contribution in [0.15, 0.2) is 12.1 Å². The van der Waals surface area contributed by atoms with Gasteiger partial charge < -0.3 is 28.8 Å². The second-order valence-electron chi connectivity index (χ2n) is 9.50. The molecule has 3 heterocycles. The lowest BCUT2D eigenvalue weighted by Crippen LogP contribution is -2.44. The third-order valence-corrected chi connectivity index (χ3v) is 7.03. The van der Waals surface area contributed by atoms with Gasteiger partial charge in [-0.25, -0.2) is 5.06 Å². The molecule has 1 aromatic carbocycles. The van der Waals surface area contributed by atoms with Crippen molar-refractivity contribution in [2.24, 2.45) is 5.92 Å². The standard InChI is InChI=1S/C26H38N2O9/c1-4-8-28(37-9-5-2)22(29)15-27-14-18(17-12-20(32-3)25-21(13-17)35-16-36-25)24(26(30)31)19(27)6-7-23-33-10-11-34-23/h12-13,18-19,23-24H,4-11,14-16H2,1-3H3,(H,30,31)/t18-,19+,24-/m1/s1. The summed E-state index contributed by atoms with van der Waals surface area (Å²) in [4.78, 5) is 33.6. The average Bonchev–Trinajstić information content (AvgIpc) is 3.64. The number of likely N-dealkylation sites (tertiary alicyclic amines) is 1. The molecular weight excluding hydrogens is 484 g/mol. The molecule has 0 spiro atoms. The van der Waals surface area contributed by atoms with E-state index in [1.165, 1.54) is 5.06 Å². The van der Waals surface area contributed by atoms with Crippen LogP contribution in [0.25, 0.3) is 0 Å². The first-order valence-electron chi connectivity index (χ1n) is 13.1. The van der Waals surface area contributed by atoms with Crippen molar-refractivity contribution in [2.75, 3.05) is 53.4 Å². The Bertz CT molecular complexity index is 937. The second-order valence-corrected chi connectivity index (χ2v) is 9.50. The summed E-state index contributed by atoms with van der Waals surface area (Å²) in [5.74, 6) is -0.701. The number of rotatable bonds is 13. The van der Waals surface area contributed by atoms with E-state index >= 15 is 0 Å². The molecular formula is C26H38N2O9. The number of carbonyl (C=O) groups excluding carboxylic acids is 1. The van der Waals surface area contributed by atoms with Gasteiger partial charge in [0.05, 0.1) is 39.4 Å². The smallest absolute Gasteiger partial charge is 0.308 e. The summed E-state index contributed by atoms with van der Waals surface area (Å²) in [5, 5.41) is 11.8. The highest BCUT2D eigenvalue weighted by molar-refractivity contribution is 5.78. The van der Waals surface area contributed by atoms with E-state index in [9.17, 15) is 14.7 Å². The SMILES string of the molecule is CCCON(CCC)C(=O)CN1C[C@H](c2cc(OC)c3c(c2)OCO3)[C@@H](C(=O)O)[C@@H]1CCC1OCCO1. The largest absolute Gasteiger partial charge is 0.493 e. The van der Waals surface area contributed by atoms with Crippen molar-refractivity contribution in [3.8, 4) is 17.2 Å². The van der Waals surface area contributed by atoms with Crippen LogP contribution >= 0.6 is 0 Å². The molecule has 3 aliphatic rings. The van der Waals surface area contributed by atoms with Gasteiger partial charge in [-0.2, -0.15) is 0 Å². The molecule has 0 aromatic heterocycles. The highest BCUT2D eigenvalue weighted by Crippen LogP contribution is 2.47. The highest BCUT2D eigenvalue weighted by Gasteiger charge is 2.48. The van der Waals surface area contributed by atoms with Crippen LogP contribution in [-0.2, 0) is 23.9 Å². The number of aliphatic carboxylic acids is 1. The van der Waals surface area contributed by atoms with Crippen molar-refractivity contribution in [3.05, 3.63) is 17.7 Å².